The summed E-state index contributed by atoms with van der Waals surface area (Å²) in [6.45, 7) is 1.71. The minimum atomic E-state index is -0.809. The molecule has 0 atom stereocenters. The largest absolute Gasteiger partial charge is 0.508 e. The van der Waals surface area contributed by atoms with Crippen LogP contribution in [0.25, 0.3) is 22.2 Å². The molecule has 128 valence electrons. The standard InChI is InChI=1S/C18H15NO6/c1-2-25-18(24)19-13(10-3-5-11(20)6-4-10)9-15(22)12-7-8-14(21)17(23)16(12)19/h3-9,20-21,23H,2H2,1H3. The van der Waals surface area contributed by atoms with E-state index in [2.05, 4.69) is 0 Å². The van der Waals surface area contributed by atoms with Crippen molar-refractivity contribution in [2.75, 3.05) is 6.61 Å². The van der Waals surface area contributed by atoms with Crippen molar-refractivity contribution < 1.29 is 24.9 Å². The number of fused-ring (bicyclic) bond motifs is 1. The SMILES string of the molecule is CCOC(=O)n1c(-c2ccc(O)cc2)cc(=O)c2ccc(O)c(O)c21. The van der Waals surface area contributed by atoms with E-state index in [1.807, 2.05) is 0 Å². The summed E-state index contributed by atoms with van der Waals surface area (Å²) < 4.78 is 6.07. The summed E-state index contributed by atoms with van der Waals surface area (Å²) in [7, 11) is 0. The van der Waals surface area contributed by atoms with Gasteiger partial charge in [0.1, 0.15) is 11.3 Å². The van der Waals surface area contributed by atoms with Crippen LogP contribution in [0.1, 0.15) is 6.92 Å². The van der Waals surface area contributed by atoms with E-state index >= 15 is 0 Å². The molecule has 3 rings (SSSR count). The molecular weight excluding hydrogens is 326 g/mol. The first-order chi connectivity index (χ1) is 11.9. The number of phenols is 3. The summed E-state index contributed by atoms with van der Waals surface area (Å²) in [4.78, 5) is 24.9. The van der Waals surface area contributed by atoms with Gasteiger partial charge in [0.05, 0.1) is 17.7 Å². The normalized spacial score (nSPS) is 10.8. The van der Waals surface area contributed by atoms with Crippen LogP contribution < -0.4 is 5.43 Å². The van der Waals surface area contributed by atoms with Gasteiger partial charge in [-0.1, -0.05) is 0 Å². The number of aromatic hydroxyl groups is 3. The van der Waals surface area contributed by atoms with Crippen LogP contribution in [0.2, 0.25) is 0 Å². The van der Waals surface area contributed by atoms with Gasteiger partial charge in [0.25, 0.3) is 0 Å². The van der Waals surface area contributed by atoms with Crippen LogP contribution in [0.15, 0.2) is 47.3 Å². The van der Waals surface area contributed by atoms with Gasteiger partial charge in [0.2, 0.25) is 0 Å². The fraction of sp³-hybridized carbons (Fsp3) is 0.111. The average Bonchev–Trinajstić information content (AvgIpc) is 2.59. The Morgan fingerprint density at radius 3 is 2.40 bits per heavy atom. The second kappa shape index (κ2) is 6.20. The van der Waals surface area contributed by atoms with Gasteiger partial charge in [-0.25, -0.2) is 9.36 Å². The highest BCUT2D eigenvalue weighted by atomic mass is 16.5. The Bertz CT molecular complexity index is 1020. The van der Waals surface area contributed by atoms with Crippen LogP contribution in [0.3, 0.4) is 0 Å². The van der Waals surface area contributed by atoms with Crippen molar-refractivity contribution in [2.45, 2.75) is 6.92 Å². The smallest absolute Gasteiger partial charge is 0.419 e. The van der Waals surface area contributed by atoms with Gasteiger partial charge < -0.3 is 20.1 Å². The molecule has 0 aliphatic carbocycles. The Labute approximate surface area is 142 Å². The molecule has 0 radical (unpaired) electrons. The number of carbonyl (C=O) groups excluding carboxylic acids is 1. The maximum Gasteiger partial charge on any atom is 0.419 e. The quantitative estimate of drug-likeness (QED) is 0.619. The predicted octanol–water partition coefficient (Wildman–Crippen LogP) is 2.79. The van der Waals surface area contributed by atoms with Gasteiger partial charge in [-0.15, -0.1) is 0 Å². The molecule has 0 amide bonds. The van der Waals surface area contributed by atoms with E-state index in [0.29, 0.717) is 5.56 Å². The second-order valence-electron chi connectivity index (χ2n) is 5.30. The molecule has 3 aromatic rings. The van der Waals surface area contributed by atoms with E-state index in [4.69, 9.17) is 4.74 Å². The molecule has 7 nitrogen and oxygen atoms in total. The zero-order valence-corrected chi connectivity index (χ0v) is 13.3. The molecule has 0 bridgehead atoms. The molecule has 0 aliphatic rings. The number of carbonyl (C=O) groups is 1. The molecule has 0 unspecified atom stereocenters. The molecule has 0 saturated heterocycles. The summed E-state index contributed by atoms with van der Waals surface area (Å²) in [6.07, 6.45) is -0.809. The number of rotatable bonds is 2. The Hall–Kier alpha value is -3.48. The summed E-state index contributed by atoms with van der Waals surface area (Å²) in [5.41, 5.74) is 0.0346. The summed E-state index contributed by atoms with van der Waals surface area (Å²) in [5.74, 6) is -1.04. The monoisotopic (exact) mass is 341 g/mol. The van der Waals surface area contributed by atoms with Crippen molar-refractivity contribution in [3.63, 3.8) is 0 Å². The summed E-state index contributed by atoms with van der Waals surface area (Å²) in [6, 6.07) is 9.58. The van der Waals surface area contributed by atoms with Crippen molar-refractivity contribution in [3.05, 3.63) is 52.7 Å². The van der Waals surface area contributed by atoms with Crippen LogP contribution in [0.4, 0.5) is 4.79 Å². The average molecular weight is 341 g/mol. The van der Waals surface area contributed by atoms with Crippen LogP contribution in [0, 0.1) is 0 Å². The fourth-order valence-electron chi connectivity index (χ4n) is 2.60. The van der Waals surface area contributed by atoms with E-state index in [-0.39, 0.29) is 29.0 Å². The van der Waals surface area contributed by atoms with Crippen LogP contribution in [-0.4, -0.2) is 32.6 Å². The fourth-order valence-corrected chi connectivity index (χ4v) is 2.60. The summed E-state index contributed by atoms with van der Waals surface area (Å²) in [5, 5.41) is 29.5. The number of benzene rings is 2. The van der Waals surface area contributed by atoms with Crippen LogP contribution in [-0.2, 0) is 4.74 Å². The second-order valence-corrected chi connectivity index (χ2v) is 5.30. The van der Waals surface area contributed by atoms with Crippen LogP contribution >= 0.6 is 0 Å². The molecule has 25 heavy (non-hydrogen) atoms. The highest BCUT2D eigenvalue weighted by Crippen LogP contribution is 2.35. The molecule has 1 aromatic heterocycles. The van der Waals surface area contributed by atoms with Crippen molar-refractivity contribution >= 4 is 17.0 Å². The minimum absolute atomic E-state index is 0.0232. The minimum Gasteiger partial charge on any atom is -0.508 e. The third kappa shape index (κ3) is 2.76. The molecule has 2 aromatic carbocycles. The lowest BCUT2D eigenvalue weighted by atomic mass is 10.1. The van der Waals surface area contributed by atoms with Crippen LogP contribution in [0.5, 0.6) is 17.2 Å². The molecule has 7 heteroatoms. The predicted molar refractivity (Wildman–Crippen MR) is 91.1 cm³/mol. The number of hydrogen-bond donors (Lipinski definition) is 3. The zero-order valence-electron chi connectivity index (χ0n) is 13.3. The molecule has 0 aliphatic heterocycles. The zero-order chi connectivity index (χ0) is 18.1. The third-order valence-electron chi connectivity index (χ3n) is 3.74. The number of hydrogen-bond acceptors (Lipinski definition) is 6. The molecule has 0 saturated carbocycles. The molecule has 0 fully saturated rings. The van der Waals surface area contributed by atoms with E-state index < -0.39 is 23.0 Å². The topological polar surface area (TPSA) is 109 Å². The lowest BCUT2D eigenvalue weighted by molar-refractivity contribution is 0.155. The number of nitrogens with zero attached hydrogens (tertiary/aromatic N) is 1. The maximum absolute atomic E-state index is 12.5. The molecular formula is C18H15NO6. The maximum atomic E-state index is 12.5. The Balaban J connectivity index is 2.45. The van der Waals surface area contributed by atoms with E-state index in [0.717, 1.165) is 4.57 Å². The third-order valence-corrected chi connectivity index (χ3v) is 3.74. The van der Waals surface area contributed by atoms with Gasteiger partial charge in [-0.3, -0.25) is 4.79 Å². The highest BCUT2D eigenvalue weighted by molar-refractivity contribution is 5.97. The molecule has 3 N–H and O–H groups in total. The highest BCUT2D eigenvalue weighted by Gasteiger charge is 2.21. The number of pyridine rings is 1. The van der Waals surface area contributed by atoms with Crippen molar-refractivity contribution in [2.24, 2.45) is 0 Å². The van der Waals surface area contributed by atoms with E-state index in [1.54, 1.807) is 6.92 Å². The Morgan fingerprint density at radius 1 is 1.08 bits per heavy atom. The first kappa shape index (κ1) is 16.4. The number of aromatic nitrogens is 1. The van der Waals surface area contributed by atoms with Gasteiger partial charge in [0.15, 0.2) is 16.9 Å². The Morgan fingerprint density at radius 2 is 1.76 bits per heavy atom. The Kier molecular flexibility index (Phi) is 4.06. The van der Waals surface area contributed by atoms with Gasteiger partial charge >= 0.3 is 6.09 Å². The van der Waals surface area contributed by atoms with Gasteiger partial charge in [0, 0.05) is 6.07 Å². The van der Waals surface area contributed by atoms with Crippen molar-refractivity contribution in [1.82, 2.24) is 4.57 Å². The lowest BCUT2D eigenvalue weighted by Crippen LogP contribution is -2.20. The first-order valence-corrected chi connectivity index (χ1v) is 7.51. The van der Waals surface area contributed by atoms with Gasteiger partial charge in [-0.2, -0.15) is 0 Å². The van der Waals surface area contributed by atoms with E-state index in [9.17, 15) is 24.9 Å². The number of phenolic OH excluding ortho intramolecular Hbond substituents is 3. The van der Waals surface area contributed by atoms with Gasteiger partial charge in [-0.05, 0) is 48.9 Å². The van der Waals surface area contributed by atoms with Crippen molar-refractivity contribution in [3.8, 4) is 28.5 Å². The lowest BCUT2D eigenvalue weighted by Gasteiger charge is -2.16. The van der Waals surface area contributed by atoms with E-state index in [1.165, 1.54) is 42.5 Å². The number of ether oxygens (including phenoxy) is 1. The first-order valence-electron chi connectivity index (χ1n) is 7.51. The molecule has 1 heterocycles. The molecule has 0 spiro atoms. The van der Waals surface area contributed by atoms with Crippen molar-refractivity contribution in [1.29, 1.82) is 0 Å². The summed E-state index contributed by atoms with van der Waals surface area (Å²) >= 11 is 0.